The van der Waals surface area contributed by atoms with Crippen LogP contribution in [0.15, 0.2) is 42.9 Å². The summed E-state index contributed by atoms with van der Waals surface area (Å²) in [5.41, 5.74) is 1.55. The summed E-state index contributed by atoms with van der Waals surface area (Å²) in [7, 11) is -3.14. The highest BCUT2D eigenvalue weighted by Crippen LogP contribution is 2.69. The fourth-order valence-electron chi connectivity index (χ4n) is 6.24. The normalized spacial score (nSPS) is 21.6. The Bertz CT molecular complexity index is 1670. The molecule has 6 rings (SSSR count). The van der Waals surface area contributed by atoms with Crippen molar-refractivity contribution in [2.75, 3.05) is 12.0 Å². The number of halogens is 2. The van der Waals surface area contributed by atoms with Gasteiger partial charge in [-0.1, -0.05) is 19.9 Å². The number of nitrogens with zero attached hydrogens (tertiary/aromatic N) is 7. The van der Waals surface area contributed by atoms with Crippen molar-refractivity contribution in [2.24, 2.45) is 5.41 Å². The maximum absolute atomic E-state index is 14.5. The van der Waals surface area contributed by atoms with Crippen LogP contribution in [0.25, 0.3) is 17.2 Å². The molecule has 0 saturated heterocycles. The molecule has 1 fully saturated rings. The SMILES string of the molecule is CC1(C)[C@H]2CC[C@]1(c1ccnc(-n3cnc(CCS(C)(=O)=O)n3)n1)c1nnc(-c3c(F)cccc3F)cc12. The van der Waals surface area contributed by atoms with Crippen molar-refractivity contribution < 1.29 is 17.2 Å². The molecule has 0 aliphatic heterocycles. The highest BCUT2D eigenvalue weighted by Gasteiger charge is 2.65. The first-order valence-electron chi connectivity index (χ1n) is 12.3. The number of benzene rings is 1. The Morgan fingerprint density at radius 3 is 2.61 bits per heavy atom. The Balaban J connectivity index is 1.41. The summed E-state index contributed by atoms with van der Waals surface area (Å²) >= 11 is 0. The van der Waals surface area contributed by atoms with Crippen LogP contribution in [0.3, 0.4) is 0 Å². The van der Waals surface area contributed by atoms with E-state index in [-0.39, 0.29) is 34.8 Å². The molecule has 4 aromatic rings. The molecule has 3 aromatic heterocycles. The van der Waals surface area contributed by atoms with Gasteiger partial charge in [-0.25, -0.2) is 32.2 Å². The summed E-state index contributed by atoms with van der Waals surface area (Å²) in [6.45, 7) is 4.33. The van der Waals surface area contributed by atoms with Gasteiger partial charge in [-0.2, -0.15) is 9.78 Å². The van der Waals surface area contributed by atoms with E-state index in [1.54, 1.807) is 12.3 Å². The molecule has 0 radical (unpaired) electrons. The fourth-order valence-corrected chi connectivity index (χ4v) is 6.79. The summed E-state index contributed by atoms with van der Waals surface area (Å²) in [6.07, 6.45) is 6.13. The van der Waals surface area contributed by atoms with E-state index in [1.165, 1.54) is 35.5 Å². The smallest absolute Gasteiger partial charge is 0.229 e. The average molecular weight is 538 g/mol. The second kappa shape index (κ2) is 8.42. The van der Waals surface area contributed by atoms with Crippen LogP contribution in [0.1, 0.15) is 55.4 Å². The molecule has 1 saturated carbocycles. The van der Waals surface area contributed by atoms with Crippen LogP contribution < -0.4 is 0 Å². The minimum atomic E-state index is -3.14. The zero-order valence-electron chi connectivity index (χ0n) is 21.1. The monoisotopic (exact) mass is 537 g/mol. The van der Waals surface area contributed by atoms with Crippen LogP contribution in [0.5, 0.6) is 0 Å². The molecular formula is C26H25F2N7O2S. The lowest BCUT2D eigenvalue weighted by molar-refractivity contribution is 0.242. The molecule has 2 aliphatic carbocycles. The topological polar surface area (TPSA) is 116 Å². The van der Waals surface area contributed by atoms with Gasteiger partial charge in [-0.05, 0) is 54.0 Å². The molecule has 196 valence electrons. The van der Waals surface area contributed by atoms with Gasteiger partial charge in [-0.15, -0.1) is 10.2 Å². The summed E-state index contributed by atoms with van der Waals surface area (Å²) < 4.78 is 53.5. The molecule has 1 aromatic carbocycles. The van der Waals surface area contributed by atoms with Crippen molar-refractivity contribution >= 4 is 9.84 Å². The summed E-state index contributed by atoms with van der Waals surface area (Å²) in [4.78, 5) is 13.4. The van der Waals surface area contributed by atoms with E-state index in [9.17, 15) is 17.2 Å². The average Bonchev–Trinajstić information content (AvgIpc) is 3.50. The summed E-state index contributed by atoms with van der Waals surface area (Å²) in [6, 6.07) is 7.38. The van der Waals surface area contributed by atoms with Crippen LogP contribution in [0, 0.1) is 17.0 Å². The van der Waals surface area contributed by atoms with Crippen LogP contribution in [0.2, 0.25) is 0 Å². The van der Waals surface area contributed by atoms with Crippen LogP contribution in [-0.4, -0.2) is 55.4 Å². The van der Waals surface area contributed by atoms with E-state index in [0.29, 0.717) is 11.8 Å². The lowest BCUT2D eigenvalue weighted by Crippen LogP contribution is -2.38. The van der Waals surface area contributed by atoms with Gasteiger partial charge in [0.15, 0.2) is 5.82 Å². The highest BCUT2D eigenvalue weighted by atomic mass is 32.2. The standard InChI is InChI=1S/C26H25F2N7O2S/c1-25(2)16-7-10-26(25,23-15(16)13-19(32-33-23)22-17(27)5-4-6-18(22)28)20-8-11-29-24(31-20)35-14-30-21(34-35)9-12-38(3,36)37/h4-6,8,11,13-14,16H,7,9-10,12H2,1-3H3/t16-,26-/m0/s1. The van der Waals surface area contributed by atoms with Crippen molar-refractivity contribution in [1.82, 2.24) is 34.9 Å². The molecular weight excluding hydrogens is 512 g/mol. The predicted molar refractivity (Wildman–Crippen MR) is 134 cm³/mol. The van der Waals surface area contributed by atoms with E-state index in [2.05, 4.69) is 39.1 Å². The largest absolute Gasteiger partial charge is 0.252 e. The lowest BCUT2D eigenvalue weighted by atomic mass is 9.66. The summed E-state index contributed by atoms with van der Waals surface area (Å²) in [5.74, 6) is -0.616. The molecule has 0 unspecified atom stereocenters. The fraction of sp³-hybridized carbons (Fsp3) is 0.385. The number of aryl methyl sites for hydroxylation is 1. The third kappa shape index (κ3) is 3.64. The van der Waals surface area contributed by atoms with Gasteiger partial charge in [-0.3, -0.25) is 0 Å². The third-order valence-corrected chi connectivity index (χ3v) is 9.07. The second-order valence-electron chi connectivity index (χ2n) is 10.6. The Kier molecular flexibility index (Phi) is 5.46. The van der Waals surface area contributed by atoms with E-state index < -0.39 is 26.9 Å². The molecule has 12 heteroatoms. The minimum Gasteiger partial charge on any atom is -0.229 e. The van der Waals surface area contributed by atoms with Gasteiger partial charge >= 0.3 is 0 Å². The quantitative estimate of drug-likeness (QED) is 0.366. The zero-order chi connectivity index (χ0) is 26.9. The first kappa shape index (κ1) is 24.7. The molecule has 9 nitrogen and oxygen atoms in total. The summed E-state index contributed by atoms with van der Waals surface area (Å²) in [5, 5.41) is 13.2. The van der Waals surface area contributed by atoms with Gasteiger partial charge in [0.2, 0.25) is 0 Å². The van der Waals surface area contributed by atoms with Gasteiger partial charge in [0.1, 0.15) is 27.8 Å². The molecule has 2 atom stereocenters. The number of hydrogen-bond acceptors (Lipinski definition) is 8. The van der Waals surface area contributed by atoms with Gasteiger partial charge in [0.25, 0.3) is 5.95 Å². The van der Waals surface area contributed by atoms with Gasteiger partial charge in [0, 0.05) is 18.9 Å². The third-order valence-electron chi connectivity index (χ3n) is 8.12. The Morgan fingerprint density at radius 2 is 1.87 bits per heavy atom. The molecule has 0 amide bonds. The lowest BCUT2D eigenvalue weighted by Gasteiger charge is -2.37. The maximum atomic E-state index is 14.5. The van der Waals surface area contributed by atoms with Crippen LogP contribution in [0.4, 0.5) is 8.78 Å². The van der Waals surface area contributed by atoms with Crippen molar-refractivity contribution in [3.05, 3.63) is 77.3 Å². The van der Waals surface area contributed by atoms with E-state index in [1.807, 2.05) is 6.07 Å². The molecule has 38 heavy (non-hydrogen) atoms. The molecule has 0 spiro atoms. The number of fused-ring (bicyclic) bond motifs is 5. The number of aromatic nitrogens is 7. The molecule has 2 aliphatic rings. The van der Waals surface area contributed by atoms with Crippen molar-refractivity contribution in [1.29, 1.82) is 0 Å². The van der Waals surface area contributed by atoms with Crippen molar-refractivity contribution in [3.8, 4) is 17.2 Å². The number of hydrogen-bond donors (Lipinski definition) is 0. The maximum Gasteiger partial charge on any atom is 0.252 e. The molecule has 0 N–H and O–H groups in total. The Labute approximate surface area is 218 Å². The van der Waals surface area contributed by atoms with E-state index in [4.69, 9.17) is 4.98 Å². The molecule has 3 heterocycles. The predicted octanol–water partition coefficient (Wildman–Crippen LogP) is 3.58. The van der Waals surface area contributed by atoms with Gasteiger partial charge < -0.3 is 0 Å². The van der Waals surface area contributed by atoms with E-state index in [0.717, 1.165) is 29.8 Å². The highest BCUT2D eigenvalue weighted by molar-refractivity contribution is 7.90. The second-order valence-corrected chi connectivity index (χ2v) is 12.8. The zero-order valence-corrected chi connectivity index (χ0v) is 21.9. The Hall–Kier alpha value is -3.67. The van der Waals surface area contributed by atoms with Crippen molar-refractivity contribution in [3.63, 3.8) is 0 Å². The Morgan fingerprint density at radius 1 is 1.11 bits per heavy atom. The number of rotatable bonds is 6. The van der Waals surface area contributed by atoms with Crippen LogP contribution >= 0.6 is 0 Å². The van der Waals surface area contributed by atoms with Gasteiger partial charge in [0.05, 0.1) is 33.8 Å². The minimum absolute atomic E-state index is 0.0508. The molecule has 2 bridgehead atoms. The number of sulfone groups is 1. The van der Waals surface area contributed by atoms with Crippen molar-refractivity contribution in [2.45, 2.75) is 44.4 Å². The van der Waals surface area contributed by atoms with Crippen LogP contribution in [-0.2, 0) is 21.7 Å². The first-order chi connectivity index (χ1) is 18.0. The van der Waals surface area contributed by atoms with E-state index >= 15 is 0 Å². The first-order valence-corrected chi connectivity index (χ1v) is 14.3.